The highest BCUT2D eigenvalue weighted by atomic mass is 32.1. The quantitative estimate of drug-likeness (QED) is 0.710. The van der Waals surface area contributed by atoms with Crippen LogP contribution in [0, 0.1) is 0 Å². The summed E-state index contributed by atoms with van der Waals surface area (Å²) in [5, 5.41) is 9.12. The Labute approximate surface area is 152 Å². The molecular weight excluding hydrogens is 328 g/mol. The Morgan fingerprint density at radius 3 is 2.84 bits per heavy atom. The van der Waals surface area contributed by atoms with Crippen molar-refractivity contribution in [2.75, 3.05) is 5.32 Å². The molecule has 0 amide bonds. The minimum Gasteiger partial charge on any atom is -0.350 e. The van der Waals surface area contributed by atoms with E-state index in [1.807, 2.05) is 35.7 Å². The Kier molecular flexibility index (Phi) is 5.04. The van der Waals surface area contributed by atoms with Crippen molar-refractivity contribution in [3.05, 3.63) is 75.7 Å². The Bertz CT molecular complexity index is 802. The largest absolute Gasteiger partial charge is 0.350 e. The molecule has 1 aromatic carbocycles. The van der Waals surface area contributed by atoms with Gasteiger partial charge in [-0.2, -0.15) is 0 Å². The molecule has 1 aliphatic rings. The van der Waals surface area contributed by atoms with Gasteiger partial charge >= 0.3 is 0 Å². The van der Waals surface area contributed by atoms with Crippen LogP contribution < -0.4 is 10.6 Å². The van der Waals surface area contributed by atoms with Crippen LogP contribution in [0.5, 0.6) is 0 Å². The topological polar surface area (TPSA) is 49.8 Å². The zero-order valence-corrected chi connectivity index (χ0v) is 14.9. The van der Waals surface area contributed by atoms with Crippen molar-refractivity contribution >= 4 is 17.3 Å². The SMILES string of the molecule is c1ccc(CNc2ncc3c(n2)CCC(NCc2cccs2)C3)cc1. The first-order chi connectivity index (χ1) is 12.4. The number of nitrogens with zero attached hydrogens (tertiary/aromatic N) is 2. The van der Waals surface area contributed by atoms with E-state index < -0.39 is 0 Å². The predicted octanol–water partition coefficient (Wildman–Crippen LogP) is 3.80. The molecule has 5 heteroatoms. The van der Waals surface area contributed by atoms with Crippen LogP contribution in [0.1, 0.15) is 28.1 Å². The zero-order chi connectivity index (χ0) is 16.9. The maximum atomic E-state index is 4.72. The van der Waals surface area contributed by atoms with Crippen LogP contribution in [0.2, 0.25) is 0 Å². The number of anilines is 1. The molecule has 1 unspecified atom stereocenters. The van der Waals surface area contributed by atoms with Gasteiger partial charge in [-0.15, -0.1) is 11.3 Å². The van der Waals surface area contributed by atoms with E-state index in [1.54, 1.807) is 0 Å². The molecule has 1 aliphatic carbocycles. The molecule has 3 aromatic rings. The molecule has 4 nitrogen and oxygen atoms in total. The summed E-state index contributed by atoms with van der Waals surface area (Å²) in [6.45, 7) is 1.71. The number of aryl methyl sites for hydroxylation is 1. The summed E-state index contributed by atoms with van der Waals surface area (Å²) in [6, 6.07) is 15.1. The lowest BCUT2D eigenvalue weighted by atomic mass is 9.93. The van der Waals surface area contributed by atoms with Crippen molar-refractivity contribution in [2.24, 2.45) is 0 Å². The normalized spacial score (nSPS) is 16.4. The van der Waals surface area contributed by atoms with E-state index in [4.69, 9.17) is 4.98 Å². The van der Waals surface area contributed by atoms with Gasteiger partial charge in [0.1, 0.15) is 0 Å². The van der Waals surface area contributed by atoms with Gasteiger partial charge in [-0.05, 0) is 41.8 Å². The highest BCUT2D eigenvalue weighted by Gasteiger charge is 2.20. The van der Waals surface area contributed by atoms with Gasteiger partial charge in [-0.1, -0.05) is 36.4 Å². The molecule has 0 saturated heterocycles. The van der Waals surface area contributed by atoms with Crippen LogP contribution in [-0.2, 0) is 25.9 Å². The number of nitrogens with one attached hydrogen (secondary N) is 2. The fraction of sp³-hybridized carbons (Fsp3) is 0.300. The molecule has 1 atom stereocenters. The predicted molar refractivity (Wildman–Crippen MR) is 103 cm³/mol. The number of hydrogen-bond donors (Lipinski definition) is 2. The second-order valence-corrected chi connectivity index (χ2v) is 7.44. The molecule has 0 aliphatic heterocycles. The van der Waals surface area contributed by atoms with Gasteiger partial charge in [-0.3, -0.25) is 0 Å². The van der Waals surface area contributed by atoms with Gasteiger partial charge in [0.25, 0.3) is 0 Å². The van der Waals surface area contributed by atoms with Crippen molar-refractivity contribution in [3.63, 3.8) is 0 Å². The zero-order valence-electron chi connectivity index (χ0n) is 14.1. The van der Waals surface area contributed by atoms with Crippen LogP contribution in [0.4, 0.5) is 5.95 Å². The highest BCUT2D eigenvalue weighted by molar-refractivity contribution is 7.09. The van der Waals surface area contributed by atoms with Crippen molar-refractivity contribution in [1.82, 2.24) is 15.3 Å². The minimum atomic E-state index is 0.515. The van der Waals surface area contributed by atoms with E-state index in [-0.39, 0.29) is 0 Å². The standard InChI is InChI=1S/C20H22N4S/c1-2-5-15(6-3-1)12-22-20-23-13-16-11-17(8-9-19(16)24-20)21-14-18-7-4-10-25-18/h1-7,10,13,17,21H,8-9,11-12,14H2,(H,22,23,24). The Morgan fingerprint density at radius 1 is 1.08 bits per heavy atom. The third-order valence-corrected chi connectivity index (χ3v) is 5.47. The number of rotatable bonds is 6. The van der Waals surface area contributed by atoms with Crippen LogP contribution in [0.3, 0.4) is 0 Å². The number of thiophene rings is 1. The van der Waals surface area contributed by atoms with E-state index in [2.05, 4.69) is 45.3 Å². The molecule has 0 radical (unpaired) electrons. The third-order valence-electron chi connectivity index (χ3n) is 4.59. The fourth-order valence-electron chi connectivity index (χ4n) is 3.20. The van der Waals surface area contributed by atoms with Crippen LogP contribution in [0.15, 0.2) is 54.0 Å². The molecule has 0 bridgehead atoms. The summed E-state index contributed by atoms with van der Waals surface area (Å²) in [5.41, 5.74) is 3.71. The van der Waals surface area contributed by atoms with E-state index in [1.165, 1.54) is 21.7 Å². The summed E-state index contributed by atoms with van der Waals surface area (Å²) >= 11 is 1.81. The second-order valence-electron chi connectivity index (χ2n) is 6.40. The lowest BCUT2D eigenvalue weighted by molar-refractivity contribution is 0.454. The smallest absolute Gasteiger partial charge is 0.223 e. The van der Waals surface area contributed by atoms with Gasteiger partial charge in [0, 0.05) is 35.9 Å². The first kappa shape index (κ1) is 16.2. The lowest BCUT2D eigenvalue weighted by Gasteiger charge is -2.24. The van der Waals surface area contributed by atoms with Crippen molar-refractivity contribution in [1.29, 1.82) is 0 Å². The van der Waals surface area contributed by atoms with Gasteiger partial charge in [-0.25, -0.2) is 9.97 Å². The Hall–Kier alpha value is -2.24. The van der Waals surface area contributed by atoms with Gasteiger partial charge < -0.3 is 10.6 Å². The molecule has 2 heterocycles. The van der Waals surface area contributed by atoms with E-state index in [0.717, 1.165) is 38.3 Å². The average molecular weight is 350 g/mol. The molecule has 0 spiro atoms. The summed E-state index contributed by atoms with van der Waals surface area (Å²) in [7, 11) is 0. The van der Waals surface area contributed by atoms with Gasteiger partial charge in [0.05, 0.1) is 0 Å². The first-order valence-electron chi connectivity index (χ1n) is 8.75. The van der Waals surface area contributed by atoms with E-state index in [0.29, 0.717) is 6.04 Å². The van der Waals surface area contributed by atoms with Gasteiger partial charge in [0.2, 0.25) is 5.95 Å². The molecule has 128 valence electrons. The lowest BCUT2D eigenvalue weighted by Crippen LogP contribution is -2.34. The highest BCUT2D eigenvalue weighted by Crippen LogP contribution is 2.21. The maximum absolute atomic E-state index is 4.72. The van der Waals surface area contributed by atoms with Crippen molar-refractivity contribution in [3.8, 4) is 0 Å². The first-order valence-corrected chi connectivity index (χ1v) is 9.63. The summed E-state index contributed by atoms with van der Waals surface area (Å²) < 4.78 is 0. The number of benzene rings is 1. The number of hydrogen-bond acceptors (Lipinski definition) is 5. The van der Waals surface area contributed by atoms with Crippen molar-refractivity contribution in [2.45, 2.75) is 38.4 Å². The summed E-state index contributed by atoms with van der Waals surface area (Å²) in [4.78, 5) is 10.6. The molecular formula is C20H22N4S. The molecule has 4 rings (SSSR count). The fourth-order valence-corrected chi connectivity index (χ4v) is 3.86. The van der Waals surface area contributed by atoms with E-state index >= 15 is 0 Å². The second kappa shape index (κ2) is 7.76. The third kappa shape index (κ3) is 4.24. The van der Waals surface area contributed by atoms with Crippen LogP contribution in [-0.4, -0.2) is 16.0 Å². The van der Waals surface area contributed by atoms with Gasteiger partial charge in [0.15, 0.2) is 0 Å². The Balaban J connectivity index is 1.34. The summed E-state index contributed by atoms with van der Waals surface area (Å²) in [6.07, 6.45) is 5.15. The number of aromatic nitrogens is 2. The molecule has 2 aromatic heterocycles. The van der Waals surface area contributed by atoms with Crippen molar-refractivity contribution < 1.29 is 0 Å². The molecule has 2 N–H and O–H groups in total. The van der Waals surface area contributed by atoms with Crippen LogP contribution >= 0.6 is 11.3 Å². The Morgan fingerprint density at radius 2 is 2.00 bits per heavy atom. The van der Waals surface area contributed by atoms with Crippen LogP contribution in [0.25, 0.3) is 0 Å². The number of fused-ring (bicyclic) bond motifs is 1. The molecule has 0 saturated carbocycles. The molecule has 25 heavy (non-hydrogen) atoms. The minimum absolute atomic E-state index is 0.515. The average Bonchev–Trinajstić information content (AvgIpc) is 3.19. The monoisotopic (exact) mass is 350 g/mol. The van der Waals surface area contributed by atoms with E-state index in [9.17, 15) is 0 Å². The summed E-state index contributed by atoms with van der Waals surface area (Å²) in [5.74, 6) is 0.729. The maximum Gasteiger partial charge on any atom is 0.223 e. The molecule has 0 fully saturated rings.